The summed E-state index contributed by atoms with van der Waals surface area (Å²) >= 11 is 0. The Balaban J connectivity index is -0.000000363. The Morgan fingerprint density at radius 2 is 0.885 bits per heavy atom. The maximum atomic E-state index is 10.3. The van der Waals surface area contributed by atoms with Crippen molar-refractivity contribution in [1.82, 2.24) is 0 Å². The van der Waals surface area contributed by atoms with E-state index in [0.29, 0.717) is 6.42 Å². The van der Waals surface area contributed by atoms with Crippen LogP contribution in [0, 0.1) is 0 Å². The predicted molar refractivity (Wildman–Crippen MR) is 115 cm³/mol. The van der Waals surface area contributed by atoms with Gasteiger partial charge in [-0.1, -0.05) is 96.8 Å². The summed E-state index contributed by atoms with van der Waals surface area (Å²) in [6.07, 6.45) is 20.2. The summed E-state index contributed by atoms with van der Waals surface area (Å²) in [5.74, 6) is -0.653. The topological polar surface area (TPSA) is 94.8 Å². The molecule has 0 unspecified atom stereocenters. The molecule has 0 aromatic carbocycles. The van der Waals surface area contributed by atoms with Crippen LogP contribution < -0.4 is 0 Å². The van der Waals surface area contributed by atoms with Crippen LogP contribution >= 0.6 is 0 Å². The van der Waals surface area contributed by atoms with E-state index in [4.69, 9.17) is 19.2 Å². The second kappa shape index (κ2) is 31.3. The van der Waals surface area contributed by atoms with Gasteiger partial charge in [-0.3, -0.25) is 9.26 Å². The molecule has 26 heavy (non-hydrogen) atoms. The van der Waals surface area contributed by atoms with Gasteiger partial charge in [-0.25, -0.2) is 0 Å². The zero-order valence-electron chi connectivity index (χ0n) is 15.5. The summed E-state index contributed by atoms with van der Waals surface area (Å²) in [4.78, 5) is 24.6. The molecule has 0 atom stereocenters. The van der Waals surface area contributed by atoms with Crippen molar-refractivity contribution in [2.24, 2.45) is 0 Å². The van der Waals surface area contributed by atoms with E-state index < -0.39 is 15.1 Å². The van der Waals surface area contributed by atoms with Gasteiger partial charge in [-0.2, -0.15) is 0 Å². The third-order valence-corrected chi connectivity index (χ3v) is 3.99. The van der Waals surface area contributed by atoms with E-state index in [1.165, 1.54) is 83.5 Å². The molecule has 0 aromatic heterocycles. The average molecular weight is 447 g/mol. The van der Waals surface area contributed by atoms with Gasteiger partial charge in [0, 0.05) is 6.42 Å². The second-order valence-corrected chi connectivity index (χ2v) is 6.94. The molecule has 8 heteroatoms. The Kier molecular flexibility index (Phi) is 42.2. The van der Waals surface area contributed by atoms with Gasteiger partial charge in [-0.15, -0.1) is 0 Å². The van der Waals surface area contributed by atoms with Crippen LogP contribution in [0.2, 0.25) is 0 Å². The molecule has 0 aliphatic carbocycles. The van der Waals surface area contributed by atoms with Crippen LogP contribution in [-0.4, -0.2) is 105 Å². The van der Waals surface area contributed by atoms with E-state index in [0.717, 1.165) is 12.8 Å². The van der Waals surface area contributed by atoms with Gasteiger partial charge in [0.1, 0.15) is 0 Å². The minimum absolute atomic E-state index is 0. The van der Waals surface area contributed by atoms with Crippen molar-refractivity contribution in [2.75, 3.05) is 0 Å². The van der Waals surface area contributed by atoms with E-state index >= 15 is 0 Å². The maximum absolute atomic E-state index is 10.3. The molecule has 5 nitrogen and oxygen atoms in total. The van der Waals surface area contributed by atoms with Crippen molar-refractivity contribution < 1.29 is 24.0 Å². The molecule has 0 aromatic rings. The van der Waals surface area contributed by atoms with Gasteiger partial charge in [0.05, 0.1) is 0 Å². The third-order valence-electron chi connectivity index (χ3n) is 3.99. The van der Waals surface area contributed by atoms with E-state index in [9.17, 15) is 4.79 Å². The molecular formula is C18H42Ca2O5Si. The fourth-order valence-electron chi connectivity index (χ4n) is 2.65. The molecule has 0 fully saturated rings. The van der Waals surface area contributed by atoms with Crippen molar-refractivity contribution in [3.05, 3.63) is 0 Å². The molecule has 0 rings (SSSR count). The van der Waals surface area contributed by atoms with Gasteiger partial charge in [-0.05, 0) is 6.42 Å². The molecule has 0 radical (unpaired) electrons. The van der Waals surface area contributed by atoms with Gasteiger partial charge in [0.2, 0.25) is 0 Å². The number of carboxylic acid groups (broad SMARTS) is 1. The van der Waals surface area contributed by atoms with Crippen LogP contribution in [0.15, 0.2) is 0 Å². The molecule has 0 saturated heterocycles. The molecule has 0 amide bonds. The summed E-state index contributed by atoms with van der Waals surface area (Å²) in [5, 5.41) is 8.52. The van der Waals surface area contributed by atoms with Gasteiger partial charge < -0.3 is 14.7 Å². The van der Waals surface area contributed by atoms with Crippen molar-refractivity contribution >= 4 is 90.6 Å². The number of rotatable bonds is 16. The quantitative estimate of drug-likeness (QED) is 0.250. The number of carboxylic acids is 1. The molecule has 0 bridgehead atoms. The SMILES string of the molecule is CCCCCCCCCCCCCCCCCC(=O)O.O=[Si](O)O.[CaH2].[CaH2]. The first-order valence-electron chi connectivity index (χ1n) is 9.64. The molecule has 0 aliphatic heterocycles. The Hall–Kier alpha value is 1.61. The summed E-state index contributed by atoms with van der Waals surface area (Å²) in [5.41, 5.74) is 0. The van der Waals surface area contributed by atoms with Gasteiger partial charge in [0.25, 0.3) is 0 Å². The Labute approximate surface area is 221 Å². The summed E-state index contributed by atoms with van der Waals surface area (Å²) in [6.45, 7) is 2.27. The normalized spacial score (nSPS) is 9.27. The zero-order valence-corrected chi connectivity index (χ0v) is 16.5. The first-order chi connectivity index (χ1) is 11.5. The molecule has 0 spiro atoms. The van der Waals surface area contributed by atoms with E-state index in [1.54, 1.807) is 0 Å². The standard InChI is InChI=1S/C18H36O2.2Ca.H2O3Si.4H/c1-2-3-4-5-6-7-8-9-10-11-12-13-14-15-16-17-18(19)20;;;1-4(2)3;;;;/h2-17H2,1H3,(H,19,20);;;1-2H;;;;. The number of unbranched alkanes of at least 4 members (excludes halogenated alkanes) is 14. The number of carbonyl (C=O) groups is 1. The van der Waals surface area contributed by atoms with Crippen LogP contribution in [0.4, 0.5) is 0 Å². The Morgan fingerprint density at radius 3 is 1.12 bits per heavy atom. The van der Waals surface area contributed by atoms with Crippen LogP contribution in [0.5, 0.6) is 0 Å². The van der Waals surface area contributed by atoms with E-state index in [-0.39, 0.29) is 75.5 Å². The van der Waals surface area contributed by atoms with Crippen LogP contribution in [-0.2, 0) is 9.26 Å². The van der Waals surface area contributed by atoms with Gasteiger partial charge in [0.15, 0.2) is 0 Å². The molecule has 0 saturated carbocycles. The second-order valence-electron chi connectivity index (χ2n) is 6.38. The first-order valence-corrected chi connectivity index (χ1v) is 10.9. The summed E-state index contributed by atoms with van der Waals surface area (Å²) < 4.78 is 8.74. The molecule has 0 heterocycles. The molecule has 3 N–H and O–H groups in total. The van der Waals surface area contributed by atoms with E-state index in [1.807, 2.05) is 0 Å². The van der Waals surface area contributed by atoms with Crippen molar-refractivity contribution in [3.8, 4) is 0 Å². The Morgan fingerprint density at radius 1 is 0.654 bits per heavy atom. The van der Waals surface area contributed by atoms with Crippen LogP contribution in [0.1, 0.15) is 110 Å². The fourth-order valence-corrected chi connectivity index (χ4v) is 2.65. The Bertz CT molecular complexity index is 291. The van der Waals surface area contributed by atoms with Crippen LogP contribution in [0.3, 0.4) is 0 Å². The van der Waals surface area contributed by atoms with Crippen molar-refractivity contribution in [1.29, 1.82) is 0 Å². The van der Waals surface area contributed by atoms with Gasteiger partial charge >= 0.3 is 90.6 Å². The minimum atomic E-state index is -3.13. The molecule has 152 valence electrons. The molecule has 0 aliphatic rings. The number of hydrogen-bond acceptors (Lipinski definition) is 2. The predicted octanol–water partition coefficient (Wildman–Crippen LogP) is 2.89. The first kappa shape index (κ1) is 35.1. The zero-order chi connectivity index (χ0) is 18.5. The monoisotopic (exact) mass is 446 g/mol. The molecular weight excluding hydrogens is 404 g/mol. The van der Waals surface area contributed by atoms with Crippen LogP contribution in [0.25, 0.3) is 0 Å². The number of hydrogen-bond donors (Lipinski definition) is 3. The summed E-state index contributed by atoms with van der Waals surface area (Å²) in [7, 11) is -3.13. The van der Waals surface area contributed by atoms with Crippen molar-refractivity contribution in [2.45, 2.75) is 110 Å². The van der Waals surface area contributed by atoms with E-state index in [2.05, 4.69) is 6.92 Å². The third kappa shape index (κ3) is 44.8. The average Bonchev–Trinajstić information content (AvgIpc) is 2.50. The van der Waals surface area contributed by atoms with Crippen molar-refractivity contribution in [3.63, 3.8) is 0 Å². The number of aliphatic carboxylic acids is 1. The summed E-state index contributed by atoms with van der Waals surface area (Å²) in [6, 6.07) is 0. The fraction of sp³-hybridized carbons (Fsp3) is 0.944.